The van der Waals surface area contributed by atoms with E-state index in [0.29, 0.717) is 18.2 Å². The van der Waals surface area contributed by atoms with Crippen LogP contribution in [0.3, 0.4) is 0 Å². The van der Waals surface area contributed by atoms with Gasteiger partial charge < -0.3 is 15.2 Å². The van der Waals surface area contributed by atoms with Crippen LogP contribution >= 0.6 is 0 Å². The maximum atomic E-state index is 12.5. The van der Waals surface area contributed by atoms with Crippen molar-refractivity contribution in [2.75, 3.05) is 18.4 Å². The number of aryl methyl sites for hydroxylation is 4. The quantitative estimate of drug-likeness (QED) is 0.601. The first-order valence-electron chi connectivity index (χ1n) is 11.5. The Morgan fingerprint density at radius 2 is 1.67 bits per heavy atom. The first-order valence-corrected chi connectivity index (χ1v) is 11.5. The predicted octanol–water partition coefficient (Wildman–Crippen LogP) is 5.81. The molecule has 1 aromatic carbocycles. The Labute approximate surface area is 183 Å². The molecule has 1 saturated carbocycles. The highest BCUT2D eigenvalue weighted by Gasteiger charge is 2.23. The Morgan fingerprint density at radius 3 is 2.20 bits per heavy atom. The number of benzene rings is 1. The summed E-state index contributed by atoms with van der Waals surface area (Å²) in [6.45, 7) is 18.8. The van der Waals surface area contributed by atoms with Crippen molar-refractivity contribution in [2.45, 2.75) is 81.2 Å². The van der Waals surface area contributed by atoms with E-state index in [1.54, 1.807) is 6.33 Å². The summed E-state index contributed by atoms with van der Waals surface area (Å²) >= 11 is 0. The minimum absolute atomic E-state index is 0.00963. The van der Waals surface area contributed by atoms with E-state index in [1.165, 1.54) is 41.6 Å². The fourth-order valence-corrected chi connectivity index (χ4v) is 3.35. The minimum atomic E-state index is -0.00963. The Balaban J connectivity index is 0.000000826. The third kappa shape index (κ3) is 7.85. The van der Waals surface area contributed by atoms with E-state index in [1.807, 2.05) is 25.3 Å². The lowest BCUT2D eigenvalue weighted by atomic mass is 10.1. The van der Waals surface area contributed by atoms with Crippen molar-refractivity contribution in [1.82, 2.24) is 14.9 Å². The van der Waals surface area contributed by atoms with Gasteiger partial charge in [0.25, 0.3) is 5.91 Å². The summed E-state index contributed by atoms with van der Waals surface area (Å²) in [6, 6.07) is 4.38. The molecule has 0 bridgehead atoms. The van der Waals surface area contributed by atoms with Gasteiger partial charge in [0.15, 0.2) is 0 Å². The Hall–Kier alpha value is -2.30. The summed E-state index contributed by atoms with van der Waals surface area (Å²) in [7, 11) is 0. The highest BCUT2D eigenvalue weighted by atomic mass is 16.2. The van der Waals surface area contributed by atoms with Crippen molar-refractivity contribution in [3.63, 3.8) is 0 Å². The molecule has 168 valence electrons. The topological polar surface area (TPSA) is 59.0 Å². The molecule has 2 aromatic rings. The fraction of sp³-hybridized carbons (Fsp3) is 0.600. The number of hydrogen-bond acceptors (Lipinski definition) is 3. The van der Waals surface area contributed by atoms with Crippen molar-refractivity contribution < 1.29 is 4.79 Å². The highest BCUT2D eigenvalue weighted by molar-refractivity contribution is 5.93. The van der Waals surface area contributed by atoms with Crippen LogP contribution in [0.4, 0.5) is 5.69 Å². The van der Waals surface area contributed by atoms with Crippen LogP contribution < -0.4 is 10.6 Å². The minimum Gasteiger partial charge on any atom is -0.383 e. The molecule has 5 nitrogen and oxygen atoms in total. The first kappa shape index (κ1) is 25.7. The second kappa shape index (κ2) is 13.1. The molecule has 1 heterocycles. The Kier molecular flexibility index (Phi) is 11.2. The van der Waals surface area contributed by atoms with Crippen molar-refractivity contribution in [3.05, 3.63) is 46.5 Å². The molecule has 0 unspecified atom stereocenters. The molecule has 5 heteroatoms. The van der Waals surface area contributed by atoms with Crippen molar-refractivity contribution in [3.8, 4) is 0 Å². The number of rotatable bonds is 7. The molecule has 30 heavy (non-hydrogen) atoms. The summed E-state index contributed by atoms with van der Waals surface area (Å²) in [5, 5.41) is 6.55. The molecule has 3 rings (SSSR count). The van der Waals surface area contributed by atoms with Gasteiger partial charge in [-0.25, -0.2) is 4.98 Å². The van der Waals surface area contributed by atoms with E-state index in [9.17, 15) is 4.79 Å². The smallest absolute Gasteiger partial charge is 0.269 e. The second-order valence-corrected chi connectivity index (χ2v) is 7.93. The van der Waals surface area contributed by atoms with Crippen LogP contribution in [0.25, 0.3) is 0 Å². The molecular formula is C25H42N4O. The van der Waals surface area contributed by atoms with Crippen LogP contribution in [0, 0.1) is 33.6 Å². The van der Waals surface area contributed by atoms with Crippen LogP contribution in [-0.2, 0) is 6.54 Å². The average Bonchev–Trinajstić information content (AvgIpc) is 3.46. The van der Waals surface area contributed by atoms with E-state index < -0.39 is 0 Å². The normalized spacial score (nSPS) is 12.3. The van der Waals surface area contributed by atoms with Gasteiger partial charge in [0.05, 0.1) is 12.0 Å². The predicted molar refractivity (Wildman–Crippen MR) is 128 cm³/mol. The number of hydrogen-bond donors (Lipinski definition) is 2. The van der Waals surface area contributed by atoms with Gasteiger partial charge in [-0.3, -0.25) is 4.79 Å². The van der Waals surface area contributed by atoms with Crippen LogP contribution in [0.15, 0.2) is 18.5 Å². The Bertz CT molecular complexity index is 767. The zero-order valence-electron chi connectivity index (χ0n) is 20.4. The molecule has 0 spiro atoms. The molecule has 1 amide bonds. The standard InChI is InChI=1S/C20H28N4O.C3H8.C2H6/c1-13-9-14(2)18(15(3)10-13)21-7-8-24-12-23-16(4)19(24)20(25)22-11-17-5-6-17;1-3-2;1-2/h9-10,12,17,21H,5-8,11H2,1-4H3,(H,22,25);3H2,1-2H3;1-2H3. The molecule has 2 N–H and O–H groups in total. The van der Waals surface area contributed by atoms with Gasteiger partial charge in [0, 0.05) is 25.3 Å². The Morgan fingerprint density at radius 1 is 1.10 bits per heavy atom. The van der Waals surface area contributed by atoms with E-state index in [2.05, 4.69) is 62.4 Å². The molecule has 0 radical (unpaired) electrons. The van der Waals surface area contributed by atoms with Crippen molar-refractivity contribution in [2.24, 2.45) is 5.92 Å². The fourth-order valence-electron chi connectivity index (χ4n) is 3.35. The molecule has 0 aliphatic heterocycles. The molecule has 1 aliphatic rings. The summed E-state index contributed by atoms with van der Waals surface area (Å²) in [4.78, 5) is 16.8. The monoisotopic (exact) mass is 414 g/mol. The van der Waals surface area contributed by atoms with Crippen LogP contribution in [-0.4, -0.2) is 28.5 Å². The lowest BCUT2D eigenvalue weighted by molar-refractivity contribution is 0.0942. The summed E-state index contributed by atoms with van der Waals surface area (Å²) < 4.78 is 1.95. The second-order valence-electron chi connectivity index (χ2n) is 7.93. The third-order valence-corrected chi connectivity index (χ3v) is 4.82. The number of nitrogens with one attached hydrogen (secondary N) is 2. The molecule has 0 saturated heterocycles. The number of carbonyl (C=O) groups excluding carboxylic acids is 1. The van der Waals surface area contributed by atoms with Gasteiger partial charge in [-0.2, -0.15) is 0 Å². The number of imidazole rings is 1. The SMILES string of the molecule is CC.CCC.Cc1cc(C)c(NCCn2cnc(C)c2C(=O)NCC2CC2)c(C)c1. The number of carbonyl (C=O) groups is 1. The van der Waals surface area contributed by atoms with Crippen LogP contribution in [0.5, 0.6) is 0 Å². The summed E-state index contributed by atoms with van der Waals surface area (Å²) in [6.07, 6.45) is 5.48. The van der Waals surface area contributed by atoms with Gasteiger partial charge in [-0.15, -0.1) is 0 Å². The lowest BCUT2D eigenvalue weighted by Gasteiger charge is -2.15. The first-order chi connectivity index (χ1) is 14.4. The van der Waals surface area contributed by atoms with E-state index in [4.69, 9.17) is 0 Å². The molecule has 1 aromatic heterocycles. The number of anilines is 1. The lowest BCUT2D eigenvalue weighted by Crippen LogP contribution is -2.29. The zero-order chi connectivity index (χ0) is 22.7. The molecule has 0 atom stereocenters. The van der Waals surface area contributed by atoms with E-state index in [-0.39, 0.29) is 5.91 Å². The zero-order valence-corrected chi connectivity index (χ0v) is 20.4. The average molecular weight is 415 g/mol. The van der Waals surface area contributed by atoms with Crippen molar-refractivity contribution >= 4 is 11.6 Å². The number of aromatic nitrogens is 2. The number of amides is 1. The van der Waals surface area contributed by atoms with Gasteiger partial charge in [0.2, 0.25) is 0 Å². The van der Waals surface area contributed by atoms with Gasteiger partial charge >= 0.3 is 0 Å². The maximum Gasteiger partial charge on any atom is 0.269 e. The third-order valence-electron chi connectivity index (χ3n) is 4.82. The van der Waals surface area contributed by atoms with Crippen molar-refractivity contribution in [1.29, 1.82) is 0 Å². The maximum absolute atomic E-state index is 12.5. The van der Waals surface area contributed by atoms with Gasteiger partial charge in [-0.05, 0) is 57.6 Å². The molecular weight excluding hydrogens is 372 g/mol. The largest absolute Gasteiger partial charge is 0.383 e. The van der Waals surface area contributed by atoms with Gasteiger partial charge in [0.1, 0.15) is 5.69 Å². The number of nitrogens with zero attached hydrogens (tertiary/aromatic N) is 2. The van der Waals surface area contributed by atoms with E-state index >= 15 is 0 Å². The highest BCUT2D eigenvalue weighted by Crippen LogP contribution is 2.27. The molecule has 1 aliphatic carbocycles. The van der Waals surface area contributed by atoms with Crippen LogP contribution in [0.1, 0.15) is 79.8 Å². The van der Waals surface area contributed by atoms with Crippen LogP contribution in [0.2, 0.25) is 0 Å². The summed E-state index contributed by atoms with van der Waals surface area (Å²) in [5.74, 6) is 0.666. The van der Waals surface area contributed by atoms with Gasteiger partial charge in [-0.1, -0.05) is 51.8 Å². The molecule has 1 fully saturated rings. The van der Waals surface area contributed by atoms with E-state index in [0.717, 1.165) is 18.8 Å². The summed E-state index contributed by atoms with van der Waals surface area (Å²) in [5.41, 5.74) is 6.43.